The van der Waals surface area contributed by atoms with Crippen molar-refractivity contribution in [3.63, 3.8) is 0 Å². The Morgan fingerprint density at radius 1 is 1.58 bits per heavy atom. The second kappa shape index (κ2) is 4.06. The summed E-state index contributed by atoms with van der Waals surface area (Å²) in [5.74, 6) is 0. The molecule has 1 rings (SSSR count). The quantitative estimate of drug-likeness (QED) is 0.649. The Kier molecular flexibility index (Phi) is 3.29. The molecule has 2 heteroatoms. The van der Waals surface area contributed by atoms with Crippen LogP contribution in [0.3, 0.4) is 0 Å². The molecule has 1 fully saturated rings. The van der Waals surface area contributed by atoms with Crippen LogP contribution in [-0.2, 0) is 4.74 Å². The van der Waals surface area contributed by atoms with Gasteiger partial charge in [-0.05, 0) is 27.2 Å². The third-order valence-corrected chi connectivity index (χ3v) is 2.17. The third kappa shape index (κ3) is 2.95. The molecule has 0 saturated carbocycles. The summed E-state index contributed by atoms with van der Waals surface area (Å²) in [6.45, 7) is 8.14. The molecule has 0 bridgehead atoms. The first-order valence-electron chi connectivity index (χ1n) is 4.62. The summed E-state index contributed by atoms with van der Waals surface area (Å²) in [5.41, 5.74) is 0.0770. The van der Waals surface area contributed by atoms with Gasteiger partial charge in [0.25, 0.3) is 0 Å². The minimum atomic E-state index is 0.0770. The molecule has 0 spiro atoms. The molecular weight excluding hydrogens is 150 g/mol. The molecule has 0 aromatic heterocycles. The summed E-state index contributed by atoms with van der Waals surface area (Å²) in [6.07, 6.45) is 5.31. The molecule has 0 radical (unpaired) electrons. The number of allylic oxidation sites excluding steroid dienone is 1. The molecule has 1 unspecified atom stereocenters. The molecule has 1 aliphatic rings. The fourth-order valence-corrected chi connectivity index (χ4v) is 1.52. The van der Waals surface area contributed by atoms with Crippen molar-refractivity contribution in [1.29, 1.82) is 0 Å². The molecule has 1 saturated heterocycles. The lowest BCUT2D eigenvalue weighted by atomic mass is 10.0. The molecule has 70 valence electrons. The van der Waals surface area contributed by atoms with Crippen molar-refractivity contribution in [3.8, 4) is 0 Å². The smallest absolute Gasteiger partial charge is 0.0643 e. The van der Waals surface area contributed by atoms with Gasteiger partial charge in [0.05, 0.1) is 12.2 Å². The lowest BCUT2D eigenvalue weighted by Crippen LogP contribution is -2.30. The van der Waals surface area contributed by atoms with E-state index in [0.717, 1.165) is 19.6 Å². The van der Waals surface area contributed by atoms with Gasteiger partial charge in [0, 0.05) is 12.6 Å². The molecular formula is C10H19NO. The Hall–Kier alpha value is -0.340. The van der Waals surface area contributed by atoms with Crippen LogP contribution in [0, 0.1) is 0 Å². The Morgan fingerprint density at radius 2 is 2.33 bits per heavy atom. The van der Waals surface area contributed by atoms with Gasteiger partial charge in [0.15, 0.2) is 0 Å². The van der Waals surface area contributed by atoms with Crippen LogP contribution < -0.4 is 5.32 Å². The Labute approximate surface area is 75.0 Å². The SMILES string of the molecule is C/C=C/CNC1COC(C)(C)C1. The lowest BCUT2D eigenvalue weighted by molar-refractivity contribution is 0.0357. The molecule has 1 aliphatic heterocycles. The highest BCUT2D eigenvalue weighted by Crippen LogP contribution is 2.23. The molecule has 2 nitrogen and oxygen atoms in total. The Balaban J connectivity index is 2.19. The lowest BCUT2D eigenvalue weighted by Gasteiger charge is -2.15. The minimum Gasteiger partial charge on any atom is -0.374 e. The average molecular weight is 169 g/mol. The van der Waals surface area contributed by atoms with E-state index >= 15 is 0 Å². The maximum atomic E-state index is 5.60. The van der Waals surface area contributed by atoms with Gasteiger partial charge >= 0.3 is 0 Å². The van der Waals surface area contributed by atoms with Crippen LogP contribution in [0.4, 0.5) is 0 Å². The van der Waals surface area contributed by atoms with E-state index in [1.165, 1.54) is 0 Å². The first kappa shape index (κ1) is 9.75. The van der Waals surface area contributed by atoms with E-state index in [-0.39, 0.29) is 5.60 Å². The second-order valence-electron chi connectivity index (χ2n) is 3.95. The van der Waals surface area contributed by atoms with E-state index in [1.54, 1.807) is 0 Å². The molecule has 1 atom stereocenters. The fraction of sp³-hybridized carbons (Fsp3) is 0.800. The number of ether oxygens (including phenoxy) is 1. The third-order valence-electron chi connectivity index (χ3n) is 2.17. The van der Waals surface area contributed by atoms with Crippen molar-refractivity contribution >= 4 is 0 Å². The summed E-state index contributed by atoms with van der Waals surface area (Å²) in [4.78, 5) is 0. The zero-order valence-corrected chi connectivity index (χ0v) is 8.26. The number of nitrogens with one attached hydrogen (secondary N) is 1. The van der Waals surface area contributed by atoms with Crippen LogP contribution in [0.25, 0.3) is 0 Å². The summed E-state index contributed by atoms with van der Waals surface area (Å²) in [7, 11) is 0. The van der Waals surface area contributed by atoms with E-state index in [1.807, 2.05) is 6.92 Å². The second-order valence-corrected chi connectivity index (χ2v) is 3.95. The van der Waals surface area contributed by atoms with E-state index in [2.05, 4.69) is 31.3 Å². The molecule has 12 heavy (non-hydrogen) atoms. The molecule has 0 aromatic rings. The first-order chi connectivity index (χ1) is 5.64. The van der Waals surface area contributed by atoms with Gasteiger partial charge in [-0.1, -0.05) is 12.2 Å². The fourth-order valence-electron chi connectivity index (χ4n) is 1.52. The van der Waals surface area contributed by atoms with Gasteiger partial charge < -0.3 is 10.1 Å². The van der Waals surface area contributed by atoms with Crippen molar-refractivity contribution in [1.82, 2.24) is 5.32 Å². The Bertz CT molecular complexity index is 163. The van der Waals surface area contributed by atoms with Crippen LogP contribution in [-0.4, -0.2) is 24.8 Å². The van der Waals surface area contributed by atoms with Crippen molar-refractivity contribution in [2.75, 3.05) is 13.2 Å². The van der Waals surface area contributed by atoms with Crippen LogP contribution in [0.1, 0.15) is 27.2 Å². The predicted octanol–water partition coefficient (Wildman–Crippen LogP) is 1.72. The van der Waals surface area contributed by atoms with E-state index in [9.17, 15) is 0 Å². The zero-order chi connectivity index (χ0) is 9.03. The largest absolute Gasteiger partial charge is 0.374 e. The number of rotatable bonds is 3. The molecule has 0 aliphatic carbocycles. The molecule has 1 N–H and O–H groups in total. The highest BCUT2D eigenvalue weighted by molar-refractivity contribution is 4.88. The Morgan fingerprint density at radius 3 is 2.83 bits per heavy atom. The van der Waals surface area contributed by atoms with Gasteiger partial charge in [-0.3, -0.25) is 0 Å². The average Bonchev–Trinajstić information content (AvgIpc) is 2.31. The molecule has 1 heterocycles. The topological polar surface area (TPSA) is 21.3 Å². The predicted molar refractivity (Wildman–Crippen MR) is 51.3 cm³/mol. The van der Waals surface area contributed by atoms with Crippen LogP contribution in [0.2, 0.25) is 0 Å². The van der Waals surface area contributed by atoms with Crippen molar-refractivity contribution in [2.45, 2.75) is 38.8 Å². The highest BCUT2D eigenvalue weighted by Gasteiger charge is 2.30. The van der Waals surface area contributed by atoms with Crippen molar-refractivity contribution < 1.29 is 4.74 Å². The van der Waals surface area contributed by atoms with E-state index < -0.39 is 0 Å². The maximum absolute atomic E-state index is 5.60. The van der Waals surface area contributed by atoms with Crippen molar-refractivity contribution in [2.24, 2.45) is 0 Å². The number of hydrogen-bond donors (Lipinski definition) is 1. The normalized spacial score (nSPS) is 28.4. The first-order valence-corrected chi connectivity index (χ1v) is 4.62. The summed E-state index contributed by atoms with van der Waals surface area (Å²) >= 11 is 0. The highest BCUT2D eigenvalue weighted by atomic mass is 16.5. The van der Waals surface area contributed by atoms with Crippen LogP contribution in [0.15, 0.2) is 12.2 Å². The van der Waals surface area contributed by atoms with Gasteiger partial charge in [-0.25, -0.2) is 0 Å². The zero-order valence-electron chi connectivity index (χ0n) is 8.26. The molecule has 0 amide bonds. The summed E-state index contributed by atoms with van der Waals surface area (Å²) in [5, 5.41) is 3.43. The molecule has 0 aromatic carbocycles. The summed E-state index contributed by atoms with van der Waals surface area (Å²) < 4.78 is 5.60. The van der Waals surface area contributed by atoms with E-state index in [4.69, 9.17) is 4.74 Å². The number of hydrogen-bond acceptors (Lipinski definition) is 2. The van der Waals surface area contributed by atoms with Crippen molar-refractivity contribution in [3.05, 3.63) is 12.2 Å². The minimum absolute atomic E-state index is 0.0770. The monoisotopic (exact) mass is 169 g/mol. The van der Waals surface area contributed by atoms with Crippen LogP contribution >= 0.6 is 0 Å². The standard InChI is InChI=1S/C10H19NO/c1-4-5-6-11-9-7-10(2,3)12-8-9/h4-5,9,11H,6-8H2,1-3H3/b5-4+. The van der Waals surface area contributed by atoms with Gasteiger partial charge in [0.1, 0.15) is 0 Å². The maximum Gasteiger partial charge on any atom is 0.0643 e. The van der Waals surface area contributed by atoms with Gasteiger partial charge in [-0.2, -0.15) is 0 Å². The summed E-state index contributed by atoms with van der Waals surface area (Å²) in [6, 6.07) is 0.538. The van der Waals surface area contributed by atoms with Crippen LogP contribution in [0.5, 0.6) is 0 Å². The van der Waals surface area contributed by atoms with E-state index in [0.29, 0.717) is 6.04 Å². The van der Waals surface area contributed by atoms with Gasteiger partial charge in [0.2, 0.25) is 0 Å². The van der Waals surface area contributed by atoms with Gasteiger partial charge in [-0.15, -0.1) is 0 Å².